The second-order valence-electron chi connectivity index (χ2n) is 5.22. The Bertz CT molecular complexity index is 172. The van der Waals surface area contributed by atoms with Crippen molar-refractivity contribution in [2.45, 2.75) is 45.6 Å². The van der Waals surface area contributed by atoms with Gasteiger partial charge in [-0.25, -0.2) is 5.32 Å². The van der Waals surface area contributed by atoms with E-state index in [1.54, 1.807) is 0 Å². The lowest BCUT2D eigenvalue weighted by Crippen LogP contribution is -2.43. The third-order valence-corrected chi connectivity index (χ3v) is 3.71. The summed E-state index contributed by atoms with van der Waals surface area (Å²) in [5.74, 6) is 0. The highest BCUT2D eigenvalue weighted by Gasteiger charge is 2.18. The molecular weight excluding hydrogens is 210 g/mol. The van der Waals surface area contributed by atoms with Gasteiger partial charge in [0.25, 0.3) is 0 Å². The molecule has 0 aromatic carbocycles. The SMILES string of the molecule is CCCN(CCC)CCN(C)C1CC[N]CC1. The Labute approximate surface area is 108 Å². The molecule has 101 valence electrons. The van der Waals surface area contributed by atoms with Gasteiger partial charge < -0.3 is 9.80 Å². The van der Waals surface area contributed by atoms with Gasteiger partial charge in [-0.3, -0.25) is 0 Å². The molecule has 1 saturated heterocycles. The van der Waals surface area contributed by atoms with E-state index >= 15 is 0 Å². The first-order chi connectivity index (χ1) is 8.27. The normalized spacial score (nSPS) is 18.2. The summed E-state index contributed by atoms with van der Waals surface area (Å²) in [4.78, 5) is 5.15. The van der Waals surface area contributed by atoms with Crippen LogP contribution in [0.2, 0.25) is 0 Å². The Balaban J connectivity index is 2.21. The Morgan fingerprint density at radius 1 is 0.941 bits per heavy atom. The van der Waals surface area contributed by atoms with Gasteiger partial charge in [0, 0.05) is 32.2 Å². The van der Waals surface area contributed by atoms with E-state index in [1.165, 1.54) is 51.9 Å². The van der Waals surface area contributed by atoms with Gasteiger partial charge in [-0.2, -0.15) is 0 Å². The quantitative estimate of drug-likeness (QED) is 0.645. The fourth-order valence-corrected chi connectivity index (χ4v) is 2.63. The van der Waals surface area contributed by atoms with Gasteiger partial charge in [0.1, 0.15) is 0 Å². The van der Waals surface area contributed by atoms with Crippen LogP contribution in [0.1, 0.15) is 39.5 Å². The molecule has 1 radical (unpaired) electrons. The Kier molecular flexibility index (Phi) is 7.82. The van der Waals surface area contributed by atoms with E-state index in [-0.39, 0.29) is 0 Å². The van der Waals surface area contributed by atoms with Gasteiger partial charge in [-0.05, 0) is 45.8 Å². The number of hydrogen-bond donors (Lipinski definition) is 0. The Morgan fingerprint density at radius 2 is 1.53 bits per heavy atom. The van der Waals surface area contributed by atoms with Crippen molar-refractivity contribution in [2.24, 2.45) is 0 Å². The standard InChI is InChI=1S/C14H30N3/c1-4-10-17(11-5-2)13-12-16(3)14-6-8-15-9-7-14/h14H,4-13H2,1-3H3. The Morgan fingerprint density at radius 3 is 2.06 bits per heavy atom. The number of hydrogen-bond acceptors (Lipinski definition) is 2. The van der Waals surface area contributed by atoms with Crippen molar-refractivity contribution >= 4 is 0 Å². The minimum Gasteiger partial charge on any atom is -0.302 e. The van der Waals surface area contributed by atoms with Crippen LogP contribution in [0.5, 0.6) is 0 Å². The van der Waals surface area contributed by atoms with Gasteiger partial charge in [0.05, 0.1) is 0 Å². The summed E-state index contributed by atoms with van der Waals surface area (Å²) in [6.45, 7) is 11.6. The van der Waals surface area contributed by atoms with Crippen molar-refractivity contribution in [1.82, 2.24) is 15.1 Å². The van der Waals surface area contributed by atoms with Crippen LogP contribution in [-0.4, -0.2) is 62.2 Å². The highest BCUT2D eigenvalue weighted by Crippen LogP contribution is 2.10. The van der Waals surface area contributed by atoms with Crippen molar-refractivity contribution in [3.63, 3.8) is 0 Å². The van der Waals surface area contributed by atoms with Gasteiger partial charge in [0.2, 0.25) is 0 Å². The van der Waals surface area contributed by atoms with Crippen LogP contribution >= 0.6 is 0 Å². The highest BCUT2D eigenvalue weighted by atomic mass is 15.2. The summed E-state index contributed by atoms with van der Waals surface area (Å²) in [5.41, 5.74) is 0. The van der Waals surface area contributed by atoms with Crippen molar-refractivity contribution in [2.75, 3.05) is 46.3 Å². The average Bonchev–Trinajstić information content (AvgIpc) is 2.37. The van der Waals surface area contributed by atoms with Crippen molar-refractivity contribution in [3.8, 4) is 0 Å². The summed E-state index contributed by atoms with van der Waals surface area (Å²) >= 11 is 0. The molecule has 0 bridgehead atoms. The zero-order valence-corrected chi connectivity index (χ0v) is 12.0. The fourth-order valence-electron chi connectivity index (χ4n) is 2.63. The largest absolute Gasteiger partial charge is 0.302 e. The molecule has 1 aliphatic rings. The van der Waals surface area contributed by atoms with E-state index in [4.69, 9.17) is 0 Å². The molecular formula is C14H30N3. The second-order valence-corrected chi connectivity index (χ2v) is 5.22. The lowest BCUT2D eigenvalue weighted by molar-refractivity contribution is 0.164. The zero-order chi connectivity index (χ0) is 12.5. The topological polar surface area (TPSA) is 20.6 Å². The molecule has 0 saturated carbocycles. The molecule has 17 heavy (non-hydrogen) atoms. The molecule has 1 rings (SSSR count). The van der Waals surface area contributed by atoms with E-state index in [2.05, 4.69) is 36.0 Å². The van der Waals surface area contributed by atoms with Crippen molar-refractivity contribution in [1.29, 1.82) is 0 Å². The summed E-state index contributed by atoms with van der Waals surface area (Å²) in [6, 6.07) is 0.776. The summed E-state index contributed by atoms with van der Waals surface area (Å²) in [5, 5.41) is 4.43. The number of nitrogens with zero attached hydrogens (tertiary/aromatic N) is 3. The molecule has 0 atom stereocenters. The monoisotopic (exact) mass is 240 g/mol. The van der Waals surface area contributed by atoms with Crippen molar-refractivity contribution < 1.29 is 0 Å². The van der Waals surface area contributed by atoms with Crippen LogP contribution in [-0.2, 0) is 0 Å². The fraction of sp³-hybridized carbons (Fsp3) is 1.00. The van der Waals surface area contributed by atoms with Crippen LogP contribution < -0.4 is 5.32 Å². The van der Waals surface area contributed by atoms with E-state index in [0.717, 1.165) is 19.1 Å². The van der Waals surface area contributed by atoms with Crippen LogP contribution in [0.15, 0.2) is 0 Å². The molecule has 0 spiro atoms. The van der Waals surface area contributed by atoms with E-state index < -0.39 is 0 Å². The van der Waals surface area contributed by atoms with E-state index in [1.807, 2.05) is 0 Å². The third-order valence-electron chi connectivity index (χ3n) is 3.71. The zero-order valence-electron chi connectivity index (χ0n) is 12.0. The number of rotatable bonds is 8. The van der Waals surface area contributed by atoms with Crippen LogP contribution in [0.4, 0.5) is 0 Å². The summed E-state index contributed by atoms with van der Waals surface area (Å²) < 4.78 is 0. The minimum absolute atomic E-state index is 0.776. The third kappa shape index (κ3) is 5.84. The molecule has 0 amide bonds. The number of piperidine rings is 1. The molecule has 0 aliphatic carbocycles. The van der Waals surface area contributed by atoms with Gasteiger partial charge in [-0.15, -0.1) is 0 Å². The first-order valence-corrected chi connectivity index (χ1v) is 7.33. The predicted molar refractivity (Wildman–Crippen MR) is 74.5 cm³/mol. The molecule has 0 aromatic heterocycles. The van der Waals surface area contributed by atoms with Gasteiger partial charge in [-0.1, -0.05) is 13.8 Å². The average molecular weight is 240 g/mol. The van der Waals surface area contributed by atoms with Crippen LogP contribution in [0.25, 0.3) is 0 Å². The van der Waals surface area contributed by atoms with E-state index in [9.17, 15) is 0 Å². The lowest BCUT2D eigenvalue weighted by atomic mass is 10.1. The number of likely N-dealkylation sites (N-methyl/N-ethyl adjacent to an activating group) is 1. The second kappa shape index (κ2) is 8.90. The minimum atomic E-state index is 0.776. The van der Waals surface area contributed by atoms with Gasteiger partial charge in [0.15, 0.2) is 0 Å². The first-order valence-electron chi connectivity index (χ1n) is 7.33. The molecule has 1 aliphatic heterocycles. The maximum Gasteiger partial charge on any atom is 0.0148 e. The summed E-state index contributed by atoms with van der Waals surface area (Å²) in [7, 11) is 2.28. The maximum atomic E-state index is 4.43. The molecule has 1 fully saturated rings. The molecule has 0 aromatic rings. The lowest BCUT2D eigenvalue weighted by Gasteiger charge is -2.32. The highest BCUT2D eigenvalue weighted by molar-refractivity contribution is 4.76. The molecule has 3 heteroatoms. The molecule has 0 unspecified atom stereocenters. The predicted octanol–water partition coefficient (Wildman–Crippen LogP) is 1.81. The van der Waals surface area contributed by atoms with E-state index in [0.29, 0.717) is 0 Å². The summed E-state index contributed by atoms with van der Waals surface area (Å²) in [6.07, 6.45) is 5.06. The maximum absolute atomic E-state index is 4.43. The molecule has 3 nitrogen and oxygen atoms in total. The van der Waals surface area contributed by atoms with Crippen molar-refractivity contribution in [3.05, 3.63) is 0 Å². The smallest absolute Gasteiger partial charge is 0.0148 e. The Hall–Kier alpha value is -0.120. The van der Waals surface area contributed by atoms with Gasteiger partial charge >= 0.3 is 0 Å². The molecule has 1 heterocycles. The first kappa shape index (κ1) is 14.9. The van der Waals surface area contributed by atoms with Crippen LogP contribution in [0.3, 0.4) is 0 Å². The molecule has 0 N–H and O–H groups in total. The van der Waals surface area contributed by atoms with Crippen LogP contribution in [0, 0.1) is 0 Å².